The van der Waals surface area contributed by atoms with Crippen LogP contribution in [0.1, 0.15) is 18.5 Å². The van der Waals surface area contributed by atoms with Gasteiger partial charge >= 0.3 is 0 Å². The van der Waals surface area contributed by atoms with E-state index in [0.717, 1.165) is 5.56 Å². The Morgan fingerprint density at radius 2 is 1.88 bits per heavy atom. The molecule has 0 bridgehead atoms. The van der Waals surface area contributed by atoms with Crippen LogP contribution in [0.3, 0.4) is 0 Å². The molecule has 24 heavy (non-hydrogen) atoms. The minimum absolute atomic E-state index is 0.0534. The van der Waals surface area contributed by atoms with Crippen LogP contribution in [0.4, 0.5) is 0 Å². The fourth-order valence-corrected chi connectivity index (χ4v) is 4.36. The molecule has 1 atom stereocenters. The summed E-state index contributed by atoms with van der Waals surface area (Å²) in [6.07, 6.45) is 2.89. The second-order valence-corrected chi connectivity index (χ2v) is 7.63. The molecule has 0 saturated carbocycles. The highest BCUT2D eigenvalue weighted by atomic mass is 32.2. The van der Waals surface area contributed by atoms with Crippen molar-refractivity contribution >= 4 is 15.9 Å². The first-order valence-corrected chi connectivity index (χ1v) is 9.16. The minimum atomic E-state index is -3.62. The van der Waals surface area contributed by atoms with Crippen molar-refractivity contribution in [3.63, 3.8) is 0 Å². The van der Waals surface area contributed by atoms with E-state index < -0.39 is 10.0 Å². The summed E-state index contributed by atoms with van der Waals surface area (Å²) in [5, 5.41) is 0. The van der Waals surface area contributed by atoms with Gasteiger partial charge in [0.2, 0.25) is 15.9 Å². The predicted octanol–water partition coefficient (Wildman–Crippen LogP) is 1.68. The Hall–Kier alpha value is -2.25. The van der Waals surface area contributed by atoms with Gasteiger partial charge in [-0.1, -0.05) is 30.3 Å². The Balaban J connectivity index is 1.92. The average molecular weight is 345 g/mol. The second kappa shape index (κ2) is 6.70. The van der Waals surface area contributed by atoms with E-state index in [-0.39, 0.29) is 29.9 Å². The number of sulfonamides is 1. The molecule has 3 rings (SSSR count). The third-order valence-corrected chi connectivity index (χ3v) is 6.05. The van der Waals surface area contributed by atoms with E-state index in [1.54, 1.807) is 17.2 Å². The second-order valence-electron chi connectivity index (χ2n) is 5.69. The molecular weight excluding hydrogens is 326 g/mol. The molecule has 2 aromatic rings. The molecule has 0 spiro atoms. The Morgan fingerprint density at radius 1 is 1.12 bits per heavy atom. The molecule has 1 aromatic heterocycles. The van der Waals surface area contributed by atoms with E-state index in [1.807, 2.05) is 30.3 Å². The number of rotatable bonds is 3. The van der Waals surface area contributed by atoms with Crippen LogP contribution in [0.25, 0.3) is 0 Å². The quantitative estimate of drug-likeness (QED) is 0.848. The predicted molar refractivity (Wildman–Crippen MR) is 89.6 cm³/mol. The molecule has 0 radical (unpaired) electrons. The van der Waals surface area contributed by atoms with Gasteiger partial charge in [0.15, 0.2) is 0 Å². The van der Waals surface area contributed by atoms with Crippen LogP contribution in [0.15, 0.2) is 59.8 Å². The highest BCUT2D eigenvalue weighted by Gasteiger charge is 2.36. The lowest BCUT2D eigenvalue weighted by Gasteiger charge is -2.40. The third-order valence-electron chi connectivity index (χ3n) is 4.20. The number of carbonyl (C=O) groups is 1. The van der Waals surface area contributed by atoms with Crippen molar-refractivity contribution in [3.8, 4) is 0 Å². The van der Waals surface area contributed by atoms with E-state index in [0.29, 0.717) is 6.54 Å². The summed E-state index contributed by atoms with van der Waals surface area (Å²) in [4.78, 5) is 17.8. The van der Waals surface area contributed by atoms with E-state index >= 15 is 0 Å². The maximum Gasteiger partial charge on any atom is 0.244 e. The normalized spacial score (nSPS) is 19.2. The smallest absolute Gasteiger partial charge is 0.244 e. The van der Waals surface area contributed by atoms with Crippen molar-refractivity contribution in [2.45, 2.75) is 17.9 Å². The lowest BCUT2D eigenvalue weighted by atomic mass is 10.0. The minimum Gasteiger partial charge on any atom is -0.333 e. The number of benzene rings is 1. The Kier molecular flexibility index (Phi) is 4.64. The van der Waals surface area contributed by atoms with Crippen LogP contribution < -0.4 is 0 Å². The highest BCUT2D eigenvalue weighted by molar-refractivity contribution is 7.89. The Bertz CT molecular complexity index is 809. The van der Waals surface area contributed by atoms with Crippen molar-refractivity contribution in [3.05, 3.63) is 60.4 Å². The first kappa shape index (κ1) is 16.6. The summed E-state index contributed by atoms with van der Waals surface area (Å²) in [5.74, 6) is -0.0534. The standard InChI is InChI=1S/C17H19N3O3S/c1-14(21)20-11-10-19(13-17(20)15-6-3-2-4-7-15)24(22,23)16-8-5-9-18-12-16/h2-9,12,17H,10-11,13H2,1H3. The summed E-state index contributed by atoms with van der Waals surface area (Å²) in [5.41, 5.74) is 0.929. The Morgan fingerprint density at radius 3 is 2.50 bits per heavy atom. The van der Waals surface area contributed by atoms with Gasteiger partial charge in [0, 0.05) is 39.0 Å². The number of hydrogen-bond donors (Lipinski definition) is 0. The van der Waals surface area contributed by atoms with Gasteiger partial charge in [-0.25, -0.2) is 8.42 Å². The molecule has 0 aliphatic carbocycles. The molecule has 1 saturated heterocycles. The monoisotopic (exact) mass is 345 g/mol. The van der Waals surface area contributed by atoms with Crippen molar-refractivity contribution in [1.29, 1.82) is 0 Å². The number of nitrogens with zero attached hydrogens (tertiary/aromatic N) is 3. The number of piperazine rings is 1. The van der Waals surface area contributed by atoms with Gasteiger partial charge in [-0.3, -0.25) is 9.78 Å². The van der Waals surface area contributed by atoms with Crippen molar-refractivity contribution in [2.75, 3.05) is 19.6 Å². The maximum absolute atomic E-state index is 12.8. The van der Waals surface area contributed by atoms with Crippen LogP contribution in [-0.2, 0) is 14.8 Å². The molecule has 1 aliphatic rings. The molecule has 126 valence electrons. The van der Waals surface area contributed by atoms with E-state index in [1.165, 1.54) is 23.5 Å². The number of amides is 1. The SMILES string of the molecule is CC(=O)N1CCN(S(=O)(=O)c2cccnc2)CC1c1ccccc1. The van der Waals surface area contributed by atoms with Gasteiger partial charge in [0.05, 0.1) is 6.04 Å². The zero-order valence-corrected chi connectivity index (χ0v) is 14.2. The fourth-order valence-electron chi connectivity index (χ4n) is 2.96. The summed E-state index contributed by atoms with van der Waals surface area (Å²) in [7, 11) is -3.62. The largest absolute Gasteiger partial charge is 0.333 e. The molecule has 2 heterocycles. The van der Waals surface area contributed by atoms with Crippen LogP contribution in [0.5, 0.6) is 0 Å². The summed E-state index contributed by atoms with van der Waals surface area (Å²) in [6.45, 7) is 2.40. The zero-order chi connectivity index (χ0) is 17.2. The third kappa shape index (κ3) is 3.18. The first-order valence-electron chi connectivity index (χ1n) is 7.72. The number of hydrogen-bond acceptors (Lipinski definition) is 4. The van der Waals surface area contributed by atoms with Crippen LogP contribution in [0, 0.1) is 0 Å². The topological polar surface area (TPSA) is 70.6 Å². The molecule has 1 aromatic carbocycles. The number of aromatic nitrogens is 1. The van der Waals surface area contributed by atoms with Crippen LogP contribution in [0.2, 0.25) is 0 Å². The van der Waals surface area contributed by atoms with E-state index in [2.05, 4.69) is 4.98 Å². The van der Waals surface area contributed by atoms with Crippen molar-refractivity contribution in [1.82, 2.24) is 14.2 Å². The van der Waals surface area contributed by atoms with Gasteiger partial charge in [0.25, 0.3) is 0 Å². The summed E-state index contributed by atoms with van der Waals surface area (Å²) >= 11 is 0. The van der Waals surface area contributed by atoms with Gasteiger partial charge < -0.3 is 4.90 Å². The van der Waals surface area contributed by atoms with Gasteiger partial charge in [0.1, 0.15) is 4.90 Å². The number of pyridine rings is 1. The Labute approximate surface area is 141 Å². The summed E-state index contributed by atoms with van der Waals surface area (Å²) < 4.78 is 27.1. The van der Waals surface area contributed by atoms with Crippen LogP contribution >= 0.6 is 0 Å². The van der Waals surface area contributed by atoms with Gasteiger partial charge in [-0.2, -0.15) is 4.31 Å². The average Bonchev–Trinajstić information content (AvgIpc) is 2.62. The van der Waals surface area contributed by atoms with E-state index in [4.69, 9.17) is 0 Å². The lowest BCUT2D eigenvalue weighted by molar-refractivity contribution is -0.133. The number of carbonyl (C=O) groups excluding carboxylic acids is 1. The zero-order valence-electron chi connectivity index (χ0n) is 13.4. The first-order chi connectivity index (χ1) is 11.5. The maximum atomic E-state index is 12.8. The van der Waals surface area contributed by atoms with Gasteiger partial charge in [-0.15, -0.1) is 0 Å². The molecule has 1 amide bonds. The molecule has 1 fully saturated rings. The highest BCUT2D eigenvalue weighted by Crippen LogP contribution is 2.28. The molecular formula is C17H19N3O3S. The molecule has 1 unspecified atom stereocenters. The van der Waals surface area contributed by atoms with Crippen LogP contribution in [-0.4, -0.2) is 48.1 Å². The lowest BCUT2D eigenvalue weighted by Crippen LogP contribution is -2.51. The van der Waals surface area contributed by atoms with Gasteiger partial charge in [-0.05, 0) is 17.7 Å². The fraction of sp³-hybridized carbons (Fsp3) is 0.294. The molecule has 1 aliphatic heterocycles. The van der Waals surface area contributed by atoms with Crippen molar-refractivity contribution in [2.24, 2.45) is 0 Å². The molecule has 6 nitrogen and oxygen atoms in total. The molecule has 7 heteroatoms. The summed E-state index contributed by atoms with van der Waals surface area (Å²) in [6, 6.07) is 12.4. The van der Waals surface area contributed by atoms with E-state index in [9.17, 15) is 13.2 Å². The molecule has 0 N–H and O–H groups in total. The van der Waals surface area contributed by atoms with Crippen molar-refractivity contribution < 1.29 is 13.2 Å².